The van der Waals surface area contributed by atoms with Gasteiger partial charge in [-0.3, -0.25) is 0 Å². The fourth-order valence-corrected chi connectivity index (χ4v) is 1.62. The molecule has 2 atom stereocenters. The Morgan fingerprint density at radius 1 is 1.44 bits per heavy atom. The van der Waals surface area contributed by atoms with Crippen LogP contribution in [-0.4, -0.2) is 17.3 Å². The Hall–Kier alpha value is -0.940. The van der Waals surface area contributed by atoms with E-state index in [1.807, 2.05) is 0 Å². The number of nitrogens with two attached hydrogens (primary N) is 1. The Bertz CT molecular complexity index is 312. The molecule has 0 saturated heterocycles. The van der Waals surface area contributed by atoms with Gasteiger partial charge in [-0.05, 0) is 12.3 Å². The molecule has 16 heavy (non-hydrogen) atoms. The van der Waals surface area contributed by atoms with Crippen molar-refractivity contribution in [1.29, 1.82) is 0 Å². The highest BCUT2D eigenvalue weighted by Crippen LogP contribution is 2.24. The van der Waals surface area contributed by atoms with Crippen LogP contribution >= 0.6 is 0 Å². The van der Waals surface area contributed by atoms with E-state index in [0.717, 1.165) is 12.8 Å². The molecule has 92 valence electrons. The highest BCUT2D eigenvalue weighted by atomic mass is 16.5. The molecule has 0 radical (unpaired) electrons. The lowest BCUT2D eigenvalue weighted by Crippen LogP contribution is -2.13. The number of nitrogens with zero attached hydrogens (tertiary/aromatic N) is 2. The Kier molecular flexibility index (Phi) is 4.89. The van der Waals surface area contributed by atoms with E-state index in [0.29, 0.717) is 17.6 Å². The Labute approximate surface area is 96.4 Å². The fraction of sp³-hybridized carbons (Fsp3) is 0.818. The summed E-state index contributed by atoms with van der Waals surface area (Å²) in [4.78, 5) is 4.29. The van der Waals surface area contributed by atoms with Crippen molar-refractivity contribution in [2.75, 3.05) is 7.11 Å². The number of methoxy groups -OCH3 is 1. The highest BCUT2D eigenvalue weighted by molar-refractivity contribution is 4.96. The lowest BCUT2D eigenvalue weighted by atomic mass is 10.1. The van der Waals surface area contributed by atoms with E-state index in [2.05, 4.69) is 30.9 Å². The van der Waals surface area contributed by atoms with E-state index >= 15 is 0 Å². The topological polar surface area (TPSA) is 74.2 Å². The van der Waals surface area contributed by atoms with Gasteiger partial charge in [0.1, 0.15) is 6.10 Å². The van der Waals surface area contributed by atoms with Crippen molar-refractivity contribution in [1.82, 2.24) is 10.1 Å². The quantitative estimate of drug-likeness (QED) is 0.806. The normalized spacial score (nSPS) is 15.4. The second kappa shape index (κ2) is 5.96. The molecule has 0 aromatic carbocycles. The summed E-state index contributed by atoms with van der Waals surface area (Å²) in [6.45, 7) is 6.18. The number of rotatable bonds is 6. The van der Waals surface area contributed by atoms with Crippen LogP contribution in [0.1, 0.15) is 57.5 Å². The highest BCUT2D eigenvalue weighted by Gasteiger charge is 2.23. The SMILES string of the molecule is CCC[C@@H](N)c1nc(C(OC)C(C)C)no1. The second-order valence-corrected chi connectivity index (χ2v) is 4.29. The fourth-order valence-electron chi connectivity index (χ4n) is 1.62. The van der Waals surface area contributed by atoms with Gasteiger partial charge in [-0.2, -0.15) is 4.98 Å². The van der Waals surface area contributed by atoms with E-state index in [1.165, 1.54) is 0 Å². The first-order chi connectivity index (χ1) is 7.60. The van der Waals surface area contributed by atoms with Crippen LogP contribution < -0.4 is 5.73 Å². The minimum absolute atomic E-state index is 0.133. The van der Waals surface area contributed by atoms with E-state index in [-0.39, 0.29) is 12.1 Å². The first-order valence-electron chi connectivity index (χ1n) is 5.72. The second-order valence-electron chi connectivity index (χ2n) is 4.29. The van der Waals surface area contributed by atoms with Crippen LogP contribution in [0, 0.1) is 5.92 Å². The molecule has 1 aromatic heterocycles. The maximum Gasteiger partial charge on any atom is 0.243 e. The molecule has 5 heteroatoms. The van der Waals surface area contributed by atoms with E-state index in [9.17, 15) is 0 Å². The Balaban J connectivity index is 2.77. The summed E-state index contributed by atoms with van der Waals surface area (Å²) in [6.07, 6.45) is 1.71. The summed E-state index contributed by atoms with van der Waals surface area (Å²) in [7, 11) is 1.65. The van der Waals surface area contributed by atoms with Gasteiger partial charge < -0.3 is 15.0 Å². The third-order valence-corrected chi connectivity index (χ3v) is 2.49. The van der Waals surface area contributed by atoms with E-state index in [4.69, 9.17) is 15.0 Å². The smallest absolute Gasteiger partial charge is 0.243 e. The predicted molar refractivity (Wildman–Crippen MR) is 60.7 cm³/mol. The summed E-state index contributed by atoms with van der Waals surface area (Å²) in [6, 6.07) is -0.170. The third kappa shape index (κ3) is 3.02. The Morgan fingerprint density at radius 3 is 2.62 bits per heavy atom. The summed E-state index contributed by atoms with van der Waals surface area (Å²) < 4.78 is 10.5. The molecule has 5 nitrogen and oxygen atoms in total. The van der Waals surface area contributed by atoms with Crippen molar-refractivity contribution in [2.45, 2.75) is 45.8 Å². The van der Waals surface area contributed by atoms with Crippen molar-refractivity contribution in [3.8, 4) is 0 Å². The molecule has 0 aliphatic rings. The first kappa shape index (κ1) is 13.1. The molecular weight excluding hydrogens is 206 g/mol. The molecular formula is C11H21N3O2. The minimum Gasteiger partial charge on any atom is -0.373 e. The molecule has 0 saturated carbocycles. The van der Waals surface area contributed by atoms with Gasteiger partial charge in [-0.15, -0.1) is 0 Å². The number of hydrogen-bond donors (Lipinski definition) is 1. The average Bonchev–Trinajstić information content (AvgIpc) is 2.68. The number of hydrogen-bond acceptors (Lipinski definition) is 5. The molecule has 1 aromatic rings. The molecule has 0 aliphatic carbocycles. The zero-order valence-electron chi connectivity index (χ0n) is 10.4. The van der Waals surface area contributed by atoms with Crippen LogP contribution in [0.2, 0.25) is 0 Å². The van der Waals surface area contributed by atoms with Crippen molar-refractivity contribution in [2.24, 2.45) is 11.7 Å². The average molecular weight is 227 g/mol. The number of ether oxygens (including phenoxy) is 1. The van der Waals surface area contributed by atoms with Crippen molar-refractivity contribution >= 4 is 0 Å². The van der Waals surface area contributed by atoms with Gasteiger partial charge in [0.25, 0.3) is 0 Å². The molecule has 0 bridgehead atoms. The molecule has 0 amide bonds. The first-order valence-corrected chi connectivity index (χ1v) is 5.72. The van der Waals surface area contributed by atoms with Crippen LogP contribution in [0.5, 0.6) is 0 Å². The van der Waals surface area contributed by atoms with Crippen molar-refractivity contribution in [3.63, 3.8) is 0 Å². The molecule has 0 spiro atoms. The van der Waals surface area contributed by atoms with Crippen LogP contribution in [-0.2, 0) is 4.74 Å². The molecule has 1 rings (SSSR count). The molecule has 2 N–H and O–H groups in total. The van der Waals surface area contributed by atoms with Crippen LogP contribution in [0.25, 0.3) is 0 Å². The summed E-state index contributed by atoms with van der Waals surface area (Å²) in [5.74, 6) is 1.39. The van der Waals surface area contributed by atoms with Crippen molar-refractivity contribution < 1.29 is 9.26 Å². The maximum atomic E-state index is 5.90. The van der Waals surface area contributed by atoms with Crippen molar-refractivity contribution in [3.05, 3.63) is 11.7 Å². The maximum absolute atomic E-state index is 5.90. The van der Waals surface area contributed by atoms with Crippen LogP contribution in [0.15, 0.2) is 4.52 Å². The molecule has 1 unspecified atom stereocenters. The monoisotopic (exact) mass is 227 g/mol. The molecule has 0 aliphatic heterocycles. The zero-order chi connectivity index (χ0) is 12.1. The van der Waals surface area contributed by atoms with Crippen LogP contribution in [0.3, 0.4) is 0 Å². The van der Waals surface area contributed by atoms with Gasteiger partial charge in [0.15, 0.2) is 0 Å². The zero-order valence-corrected chi connectivity index (χ0v) is 10.4. The Morgan fingerprint density at radius 2 is 2.12 bits per heavy atom. The lowest BCUT2D eigenvalue weighted by molar-refractivity contribution is 0.0555. The summed E-state index contributed by atoms with van der Waals surface area (Å²) in [5, 5.41) is 3.92. The van der Waals surface area contributed by atoms with Gasteiger partial charge in [0.2, 0.25) is 11.7 Å². The molecule has 0 fully saturated rings. The largest absolute Gasteiger partial charge is 0.373 e. The number of aromatic nitrogens is 2. The summed E-state index contributed by atoms with van der Waals surface area (Å²) in [5.41, 5.74) is 5.90. The van der Waals surface area contributed by atoms with Gasteiger partial charge in [-0.25, -0.2) is 0 Å². The van der Waals surface area contributed by atoms with Gasteiger partial charge in [0.05, 0.1) is 6.04 Å². The molecule has 1 heterocycles. The third-order valence-electron chi connectivity index (χ3n) is 2.49. The van der Waals surface area contributed by atoms with Gasteiger partial charge in [0, 0.05) is 7.11 Å². The predicted octanol–water partition coefficient (Wildman–Crippen LogP) is 2.21. The van der Waals surface area contributed by atoms with Crippen LogP contribution in [0.4, 0.5) is 0 Å². The lowest BCUT2D eigenvalue weighted by Gasteiger charge is -2.14. The minimum atomic E-state index is -0.170. The van der Waals surface area contributed by atoms with Gasteiger partial charge >= 0.3 is 0 Å². The van der Waals surface area contributed by atoms with E-state index in [1.54, 1.807) is 7.11 Å². The van der Waals surface area contributed by atoms with E-state index < -0.39 is 0 Å². The summed E-state index contributed by atoms with van der Waals surface area (Å²) >= 11 is 0. The van der Waals surface area contributed by atoms with Gasteiger partial charge in [-0.1, -0.05) is 32.3 Å². The standard InChI is InChI=1S/C11H21N3O2/c1-5-6-8(12)11-13-10(14-16-11)9(15-4)7(2)3/h7-9H,5-6,12H2,1-4H3/t8-,9?/m1/s1.